The molecule has 0 aromatic heterocycles. The first-order valence-corrected chi connectivity index (χ1v) is 4.76. The Morgan fingerprint density at radius 2 is 2.08 bits per heavy atom. The van der Waals surface area contributed by atoms with Gasteiger partial charge >= 0.3 is 0 Å². The summed E-state index contributed by atoms with van der Waals surface area (Å²) in [6.07, 6.45) is 0.968. The molecule has 0 radical (unpaired) electrons. The van der Waals surface area contributed by atoms with Crippen molar-refractivity contribution in [3.63, 3.8) is 0 Å². The summed E-state index contributed by atoms with van der Waals surface area (Å²) in [5.74, 6) is 5.73. The molecule has 0 aromatic carbocycles. The Labute approximate surface area is 81.3 Å². The van der Waals surface area contributed by atoms with Gasteiger partial charge in [-0.05, 0) is 34.1 Å². The third kappa shape index (κ3) is 4.92. The summed E-state index contributed by atoms with van der Waals surface area (Å²) in [6.45, 7) is 8.17. The van der Waals surface area contributed by atoms with Gasteiger partial charge in [0.15, 0.2) is 0 Å². The Morgan fingerprint density at radius 1 is 1.46 bits per heavy atom. The average molecular weight is 184 g/mol. The molecular weight excluding hydrogens is 164 g/mol. The zero-order chi connectivity index (χ0) is 10.3. The number of aliphatic hydroxyl groups excluding tert-OH is 1. The van der Waals surface area contributed by atoms with Crippen LogP contribution < -0.4 is 0 Å². The van der Waals surface area contributed by atoms with Crippen LogP contribution in [0.2, 0.25) is 0 Å². The van der Waals surface area contributed by atoms with Crippen molar-refractivity contribution < 1.29 is 9.84 Å². The van der Waals surface area contributed by atoms with Gasteiger partial charge in [0.2, 0.25) is 0 Å². The molecule has 0 amide bonds. The summed E-state index contributed by atoms with van der Waals surface area (Å²) < 4.78 is 5.42. The summed E-state index contributed by atoms with van der Waals surface area (Å²) in [6, 6.07) is 0. The molecule has 2 nitrogen and oxygen atoms in total. The molecule has 0 aliphatic heterocycles. The lowest BCUT2D eigenvalue weighted by Crippen LogP contribution is -2.38. The van der Waals surface area contributed by atoms with E-state index in [0.29, 0.717) is 13.0 Å². The molecule has 1 N–H and O–H groups in total. The van der Waals surface area contributed by atoms with Gasteiger partial charge in [0, 0.05) is 13.0 Å². The fourth-order valence-electron chi connectivity index (χ4n) is 1.15. The van der Waals surface area contributed by atoms with E-state index in [1.807, 2.05) is 20.8 Å². The van der Waals surface area contributed by atoms with Gasteiger partial charge < -0.3 is 9.84 Å². The minimum absolute atomic E-state index is 0.437. The van der Waals surface area contributed by atoms with E-state index < -0.39 is 11.7 Å². The Bertz CT molecular complexity index is 186. The van der Waals surface area contributed by atoms with Crippen LogP contribution in [0.15, 0.2) is 0 Å². The number of aliphatic hydroxyl groups is 1. The van der Waals surface area contributed by atoms with E-state index in [1.165, 1.54) is 0 Å². The highest BCUT2D eigenvalue weighted by Crippen LogP contribution is 2.18. The third-order valence-electron chi connectivity index (χ3n) is 2.04. The lowest BCUT2D eigenvalue weighted by Gasteiger charge is -2.29. The van der Waals surface area contributed by atoms with Gasteiger partial charge in [0.1, 0.15) is 0 Å². The molecule has 0 bridgehead atoms. The van der Waals surface area contributed by atoms with E-state index in [0.717, 1.165) is 6.42 Å². The molecule has 0 rings (SSSR count). The van der Waals surface area contributed by atoms with Crippen LogP contribution in [0.5, 0.6) is 0 Å². The maximum absolute atomic E-state index is 9.74. The van der Waals surface area contributed by atoms with Gasteiger partial charge in [0.05, 0.1) is 11.7 Å². The molecule has 0 spiro atoms. The molecule has 1 atom stereocenters. The van der Waals surface area contributed by atoms with E-state index in [4.69, 9.17) is 4.74 Å². The lowest BCUT2D eigenvalue weighted by molar-refractivity contribution is -0.0980. The molecule has 76 valence electrons. The van der Waals surface area contributed by atoms with Gasteiger partial charge in [-0.3, -0.25) is 0 Å². The lowest BCUT2D eigenvalue weighted by atomic mass is 9.97. The maximum Gasteiger partial charge on any atom is 0.0884 e. The first-order valence-electron chi connectivity index (χ1n) is 4.76. The predicted octanol–water partition coefficient (Wildman–Crippen LogP) is 1.97. The van der Waals surface area contributed by atoms with Crippen molar-refractivity contribution >= 4 is 0 Å². The minimum atomic E-state index is -0.454. The Kier molecular flexibility index (Phi) is 5.77. The van der Waals surface area contributed by atoms with Crippen molar-refractivity contribution in [1.29, 1.82) is 0 Å². The van der Waals surface area contributed by atoms with Crippen molar-refractivity contribution in [2.75, 3.05) is 6.61 Å². The van der Waals surface area contributed by atoms with Gasteiger partial charge in [-0.2, -0.15) is 0 Å². The highest BCUT2D eigenvalue weighted by Gasteiger charge is 2.27. The Hall–Kier alpha value is -0.520. The van der Waals surface area contributed by atoms with Crippen molar-refractivity contribution in [2.45, 2.75) is 52.2 Å². The number of ether oxygens (including phenoxy) is 1. The van der Waals surface area contributed by atoms with Crippen LogP contribution in [0, 0.1) is 11.8 Å². The topological polar surface area (TPSA) is 29.5 Å². The van der Waals surface area contributed by atoms with Crippen LogP contribution in [-0.4, -0.2) is 23.4 Å². The highest BCUT2D eigenvalue weighted by atomic mass is 16.5. The quantitative estimate of drug-likeness (QED) is 0.662. The van der Waals surface area contributed by atoms with Crippen molar-refractivity contribution in [1.82, 2.24) is 0 Å². The molecule has 0 fully saturated rings. The zero-order valence-corrected chi connectivity index (χ0v) is 9.05. The van der Waals surface area contributed by atoms with Gasteiger partial charge in [-0.15, -0.1) is 11.8 Å². The van der Waals surface area contributed by atoms with E-state index in [9.17, 15) is 5.11 Å². The number of rotatable bonds is 5. The average Bonchev–Trinajstić information content (AvgIpc) is 2.04. The third-order valence-corrected chi connectivity index (χ3v) is 2.04. The summed E-state index contributed by atoms with van der Waals surface area (Å²) in [7, 11) is 0. The van der Waals surface area contributed by atoms with Gasteiger partial charge in [-0.25, -0.2) is 0 Å². The fourth-order valence-corrected chi connectivity index (χ4v) is 1.15. The van der Waals surface area contributed by atoms with Crippen molar-refractivity contribution in [2.24, 2.45) is 0 Å². The monoisotopic (exact) mass is 184 g/mol. The second-order valence-corrected chi connectivity index (χ2v) is 3.52. The summed E-state index contributed by atoms with van der Waals surface area (Å²) in [5.41, 5.74) is -0.454. The summed E-state index contributed by atoms with van der Waals surface area (Å²) in [5, 5.41) is 9.74. The molecule has 0 aromatic rings. The summed E-state index contributed by atoms with van der Waals surface area (Å²) in [4.78, 5) is 0. The number of hydrogen-bond donors (Lipinski definition) is 1. The first-order chi connectivity index (χ1) is 6.04. The zero-order valence-electron chi connectivity index (χ0n) is 9.05. The molecule has 1 unspecified atom stereocenters. The van der Waals surface area contributed by atoms with E-state index in [1.54, 1.807) is 6.92 Å². The molecule has 0 saturated heterocycles. The van der Waals surface area contributed by atoms with Crippen molar-refractivity contribution in [3.8, 4) is 11.8 Å². The van der Waals surface area contributed by atoms with Crippen LogP contribution >= 0.6 is 0 Å². The largest absolute Gasteiger partial charge is 0.390 e. The van der Waals surface area contributed by atoms with Crippen molar-refractivity contribution in [3.05, 3.63) is 0 Å². The van der Waals surface area contributed by atoms with Crippen LogP contribution in [0.4, 0.5) is 0 Å². The Balaban J connectivity index is 3.90. The number of hydrogen-bond acceptors (Lipinski definition) is 2. The second-order valence-electron chi connectivity index (χ2n) is 3.52. The van der Waals surface area contributed by atoms with Gasteiger partial charge in [0.25, 0.3) is 0 Å². The first kappa shape index (κ1) is 12.5. The van der Waals surface area contributed by atoms with Crippen LogP contribution in [0.1, 0.15) is 40.5 Å². The Morgan fingerprint density at radius 3 is 2.54 bits per heavy atom. The highest BCUT2D eigenvalue weighted by molar-refractivity contribution is 4.96. The molecule has 0 heterocycles. The molecule has 2 heteroatoms. The fraction of sp³-hybridized carbons (Fsp3) is 0.818. The molecule has 0 aliphatic carbocycles. The summed E-state index contributed by atoms with van der Waals surface area (Å²) >= 11 is 0. The molecule has 0 aliphatic rings. The standard InChI is InChI=1S/C11H20O2/c1-5-7-8-9-10(12)11(3,4)13-6-2/h10,12H,6,8-9H2,1-4H3. The maximum atomic E-state index is 9.74. The van der Waals surface area contributed by atoms with Crippen LogP contribution in [0.3, 0.4) is 0 Å². The molecule has 13 heavy (non-hydrogen) atoms. The molecule has 0 saturated carbocycles. The predicted molar refractivity (Wildman–Crippen MR) is 54.4 cm³/mol. The normalized spacial score (nSPS) is 13.3. The van der Waals surface area contributed by atoms with Crippen LogP contribution in [-0.2, 0) is 4.74 Å². The van der Waals surface area contributed by atoms with E-state index in [-0.39, 0.29) is 0 Å². The second kappa shape index (κ2) is 6.01. The smallest absolute Gasteiger partial charge is 0.0884 e. The van der Waals surface area contributed by atoms with Crippen LogP contribution in [0.25, 0.3) is 0 Å². The SMILES string of the molecule is CC#CCCC(O)C(C)(C)OCC. The van der Waals surface area contributed by atoms with E-state index >= 15 is 0 Å². The minimum Gasteiger partial charge on any atom is -0.390 e. The molecular formula is C11H20O2. The van der Waals surface area contributed by atoms with E-state index in [2.05, 4.69) is 11.8 Å². The van der Waals surface area contributed by atoms with Gasteiger partial charge in [-0.1, -0.05) is 0 Å².